The molecule has 0 amide bonds. The van der Waals surface area contributed by atoms with Crippen LogP contribution in [0.15, 0.2) is 18.3 Å². The van der Waals surface area contributed by atoms with Crippen molar-refractivity contribution >= 4 is 5.82 Å². The van der Waals surface area contributed by atoms with Crippen LogP contribution >= 0.6 is 0 Å². The van der Waals surface area contributed by atoms with Crippen molar-refractivity contribution in [2.24, 2.45) is 11.7 Å². The quantitative estimate of drug-likeness (QED) is 0.872. The molecule has 1 aromatic rings. The van der Waals surface area contributed by atoms with Crippen molar-refractivity contribution in [3.8, 4) is 0 Å². The fraction of sp³-hybridized carbons (Fsp3) is 0.667. The molecule has 1 saturated carbocycles. The summed E-state index contributed by atoms with van der Waals surface area (Å²) in [5, 5.41) is 0. The molecule has 0 radical (unpaired) electrons. The van der Waals surface area contributed by atoms with Gasteiger partial charge in [-0.15, -0.1) is 0 Å². The summed E-state index contributed by atoms with van der Waals surface area (Å²) in [5.41, 5.74) is 13.1. The number of methoxy groups -OCH3 is 1. The average Bonchev–Trinajstić information content (AvgIpc) is 2.42. The molecule has 4 nitrogen and oxygen atoms in total. The fourth-order valence-corrected chi connectivity index (χ4v) is 3.02. The number of nitrogens with two attached hydrogens (primary N) is 2. The lowest BCUT2D eigenvalue weighted by Gasteiger charge is -2.42. The number of pyridine rings is 1. The maximum absolute atomic E-state index is 6.43. The number of hydrogen-bond acceptors (Lipinski definition) is 4. The molecular weight excluding hydrogens is 238 g/mol. The zero-order chi connectivity index (χ0) is 13.9. The molecule has 1 atom stereocenters. The molecule has 0 spiro atoms. The van der Waals surface area contributed by atoms with Crippen LogP contribution in [0.2, 0.25) is 0 Å². The SMILES string of the molecule is COC1(C(N)Cc2cccnc2N)CCC(C)CC1. The lowest BCUT2D eigenvalue weighted by molar-refractivity contribution is -0.0659. The van der Waals surface area contributed by atoms with Gasteiger partial charge in [-0.1, -0.05) is 13.0 Å². The zero-order valence-electron chi connectivity index (χ0n) is 11.9. The highest BCUT2D eigenvalue weighted by Gasteiger charge is 2.39. The van der Waals surface area contributed by atoms with Crippen LogP contribution in [0.4, 0.5) is 5.82 Å². The Bertz CT molecular complexity index is 414. The Balaban J connectivity index is 2.09. The van der Waals surface area contributed by atoms with E-state index in [1.54, 1.807) is 13.3 Å². The van der Waals surface area contributed by atoms with Crippen LogP contribution in [-0.4, -0.2) is 23.7 Å². The maximum Gasteiger partial charge on any atom is 0.126 e. The number of ether oxygens (including phenoxy) is 1. The molecule has 4 heteroatoms. The molecule has 1 aliphatic rings. The van der Waals surface area contributed by atoms with Gasteiger partial charge in [-0.3, -0.25) is 0 Å². The summed E-state index contributed by atoms with van der Waals surface area (Å²) in [6.45, 7) is 2.30. The smallest absolute Gasteiger partial charge is 0.126 e. The Morgan fingerprint density at radius 3 is 2.74 bits per heavy atom. The zero-order valence-corrected chi connectivity index (χ0v) is 11.9. The van der Waals surface area contributed by atoms with Gasteiger partial charge < -0.3 is 16.2 Å². The Morgan fingerprint density at radius 2 is 2.16 bits per heavy atom. The highest BCUT2D eigenvalue weighted by atomic mass is 16.5. The van der Waals surface area contributed by atoms with Crippen molar-refractivity contribution in [3.63, 3.8) is 0 Å². The maximum atomic E-state index is 6.43. The highest BCUT2D eigenvalue weighted by Crippen LogP contribution is 2.37. The van der Waals surface area contributed by atoms with Crippen molar-refractivity contribution in [3.05, 3.63) is 23.9 Å². The second kappa shape index (κ2) is 5.88. The minimum absolute atomic E-state index is 0.0310. The molecule has 1 aliphatic carbocycles. The monoisotopic (exact) mass is 263 g/mol. The molecule has 0 saturated heterocycles. The molecule has 1 fully saturated rings. The predicted octanol–water partition coefficient (Wildman–Crippen LogP) is 2.13. The number of rotatable bonds is 4. The van der Waals surface area contributed by atoms with Crippen LogP contribution < -0.4 is 11.5 Å². The summed E-state index contributed by atoms with van der Waals surface area (Å²) < 4.78 is 5.81. The Hall–Kier alpha value is -1.13. The normalized spacial score (nSPS) is 29.1. The molecule has 106 valence electrons. The molecule has 1 unspecified atom stereocenters. The number of nitrogens with zero attached hydrogens (tertiary/aromatic N) is 1. The summed E-state index contributed by atoms with van der Waals surface area (Å²) in [6, 6.07) is 3.87. The van der Waals surface area contributed by atoms with E-state index in [9.17, 15) is 0 Å². The van der Waals surface area contributed by atoms with Crippen molar-refractivity contribution in [2.75, 3.05) is 12.8 Å². The van der Waals surface area contributed by atoms with Crippen molar-refractivity contribution in [2.45, 2.75) is 50.7 Å². The summed E-state index contributed by atoms with van der Waals surface area (Å²) in [4.78, 5) is 4.12. The van der Waals surface area contributed by atoms with Crippen molar-refractivity contribution in [1.82, 2.24) is 4.98 Å². The number of aromatic nitrogens is 1. The Labute approximate surface area is 115 Å². The van der Waals surface area contributed by atoms with Crippen molar-refractivity contribution < 1.29 is 4.74 Å². The third-order valence-corrected chi connectivity index (χ3v) is 4.57. The summed E-state index contributed by atoms with van der Waals surface area (Å²) in [6.07, 6.45) is 6.87. The standard InChI is InChI=1S/C15H25N3O/c1-11-5-7-15(19-2,8-6-11)13(16)10-12-4-3-9-18-14(12)17/h3-4,9,11,13H,5-8,10,16H2,1-2H3,(H2,17,18). The predicted molar refractivity (Wildman–Crippen MR) is 77.7 cm³/mol. The van der Waals surface area contributed by atoms with E-state index < -0.39 is 0 Å². The van der Waals surface area contributed by atoms with E-state index in [1.165, 1.54) is 12.8 Å². The number of hydrogen-bond donors (Lipinski definition) is 2. The van der Waals surface area contributed by atoms with Gasteiger partial charge in [0, 0.05) is 19.3 Å². The van der Waals surface area contributed by atoms with E-state index in [-0.39, 0.29) is 11.6 Å². The highest BCUT2D eigenvalue weighted by molar-refractivity contribution is 5.39. The van der Waals surface area contributed by atoms with Gasteiger partial charge in [-0.25, -0.2) is 4.98 Å². The number of anilines is 1. The first-order chi connectivity index (χ1) is 9.07. The van der Waals surface area contributed by atoms with E-state index in [2.05, 4.69) is 11.9 Å². The van der Waals surface area contributed by atoms with E-state index >= 15 is 0 Å². The van der Waals surface area contributed by atoms with Crippen LogP contribution in [0, 0.1) is 5.92 Å². The van der Waals surface area contributed by atoms with Gasteiger partial charge >= 0.3 is 0 Å². The van der Waals surface area contributed by atoms with Gasteiger partial charge in [-0.05, 0) is 49.7 Å². The Kier molecular flexibility index (Phi) is 4.42. The van der Waals surface area contributed by atoms with Crippen LogP contribution in [0.5, 0.6) is 0 Å². The van der Waals surface area contributed by atoms with Gasteiger partial charge in [-0.2, -0.15) is 0 Å². The Morgan fingerprint density at radius 1 is 1.47 bits per heavy atom. The van der Waals surface area contributed by atoms with Crippen LogP contribution in [-0.2, 0) is 11.2 Å². The molecule has 4 N–H and O–H groups in total. The molecule has 2 rings (SSSR count). The first-order valence-electron chi connectivity index (χ1n) is 7.07. The molecule has 0 aliphatic heterocycles. The lowest BCUT2D eigenvalue weighted by Crippen LogP contribution is -2.52. The van der Waals surface area contributed by atoms with E-state index in [0.29, 0.717) is 5.82 Å². The first-order valence-corrected chi connectivity index (χ1v) is 7.07. The number of nitrogen functional groups attached to an aromatic ring is 1. The van der Waals surface area contributed by atoms with Gasteiger partial charge in [0.15, 0.2) is 0 Å². The van der Waals surface area contributed by atoms with Crippen LogP contribution in [0.1, 0.15) is 38.2 Å². The molecule has 1 aromatic heterocycles. The molecule has 1 heterocycles. The third kappa shape index (κ3) is 3.07. The van der Waals surface area contributed by atoms with Crippen molar-refractivity contribution in [1.29, 1.82) is 0 Å². The largest absolute Gasteiger partial charge is 0.383 e. The van der Waals surface area contributed by atoms with E-state index in [4.69, 9.17) is 16.2 Å². The van der Waals surface area contributed by atoms with Gasteiger partial charge in [0.05, 0.1) is 5.60 Å². The minimum atomic E-state index is -0.200. The fourth-order valence-electron chi connectivity index (χ4n) is 3.02. The summed E-state index contributed by atoms with van der Waals surface area (Å²) in [7, 11) is 1.78. The molecule has 19 heavy (non-hydrogen) atoms. The second-order valence-electron chi connectivity index (χ2n) is 5.81. The van der Waals surface area contributed by atoms with Gasteiger partial charge in [0.25, 0.3) is 0 Å². The first kappa shape index (κ1) is 14.3. The van der Waals surface area contributed by atoms with E-state index in [0.717, 1.165) is 30.7 Å². The van der Waals surface area contributed by atoms with Gasteiger partial charge in [0.2, 0.25) is 0 Å². The average molecular weight is 263 g/mol. The minimum Gasteiger partial charge on any atom is -0.383 e. The topological polar surface area (TPSA) is 74.2 Å². The lowest BCUT2D eigenvalue weighted by atomic mass is 9.74. The van der Waals surface area contributed by atoms with Crippen LogP contribution in [0.25, 0.3) is 0 Å². The third-order valence-electron chi connectivity index (χ3n) is 4.57. The summed E-state index contributed by atoms with van der Waals surface area (Å²) >= 11 is 0. The molecular formula is C15H25N3O. The molecule has 0 aromatic carbocycles. The molecule has 0 bridgehead atoms. The summed E-state index contributed by atoms with van der Waals surface area (Å²) in [5.74, 6) is 1.35. The van der Waals surface area contributed by atoms with E-state index in [1.807, 2.05) is 12.1 Å². The van der Waals surface area contributed by atoms with Crippen LogP contribution in [0.3, 0.4) is 0 Å². The van der Waals surface area contributed by atoms with Gasteiger partial charge in [0.1, 0.15) is 5.82 Å². The second-order valence-corrected chi connectivity index (χ2v) is 5.81.